The van der Waals surface area contributed by atoms with Crippen molar-refractivity contribution >= 4 is 38.7 Å². The molecule has 0 spiro atoms. The van der Waals surface area contributed by atoms with Gasteiger partial charge in [-0.1, -0.05) is 47.7 Å². The second-order valence-electron chi connectivity index (χ2n) is 5.21. The highest BCUT2D eigenvalue weighted by atomic mass is 32.1. The Kier molecular flexibility index (Phi) is 3.20. The number of hydrogen-bond acceptors (Lipinski definition) is 5. The van der Waals surface area contributed by atoms with Gasteiger partial charge in [0.15, 0.2) is 5.78 Å². The van der Waals surface area contributed by atoms with Gasteiger partial charge in [0.2, 0.25) is 5.13 Å². The molecule has 1 atom stereocenters. The molecule has 1 aromatic heterocycles. The second-order valence-corrected chi connectivity index (χ2v) is 6.24. The molecule has 0 fully saturated rings. The number of benzene rings is 2. The lowest BCUT2D eigenvalue weighted by Gasteiger charge is -1.99. The van der Waals surface area contributed by atoms with E-state index in [0.29, 0.717) is 0 Å². The maximum atomic E-state index is 12.2. The number of aromatic nitrogens is 1. The summed E-state index contributed by atoms with van der Waals surface area (Å²) in [5.74, 6) is -0.0373. The summed E-state index contributed by atoms with van der Waals surface area (Å²) in [4.78, 5) is 16.7. The lowest BCUT2D eigenvalue weighted by Crippen LogP contribution is -2.11. The summed E-state index contributed by atoms with van der Waals surface area (Å²) in [6.07, 6.45) is 2.41. The van der Waals surface area contributed by atoms with Gasteiger partial charge in [-0.25, -0.2) is 4.98 Å². The van der Waals surface area contributed by atoms with Crippen LogP contribution in [0, 0.1) is 5.92 Å². The molecule has 2 aromatic carbocycles. The monoisotopic (exact) mass is 307 g/mol. The molecule has 1 aliphatic rings. The third kappa shape index (κ3) is 2.29. The van der Waals surface area contributed by atoms with Crippen molar-refractivity contribution in [1.82, 2.24) is 4.98 Å². The van der Waals surface area contributed by atoms with E-state index in [4.69, 9.17) is 0 Å². The van der Waals surface area contributed by atoms with Crippen molar-refractivity contribution in [3.05, 3.63) is 59.7 Å². The molecule has 0 saturated heterocycles. The molecule has 0 radical (unpaired) electrons. The largest absolute Gasteiger partial charge is 0.293 e. The molecule has 1 unspecified atom stereocenters. The van der Waals surface area contributed by atoms with Gasteiger partial charge in [-0.2, -0.15) is 5.10 Å². The number of fused-ring (bicyclic) bond motifs is 2. The van der Waals surface area contributed by atoms with Crippen LogP contribution in [0.2, 0.25) is 0 Å². The Balaban J connectivity index is 1.48. The SMILES string of the molecule is O=C1c2ccccc2CC1/C=N/Nc1nc2ccccc2s1. The van der Waals surface area contributed by atoms with Gasteiger partial charge in [0.25, 0.3) is 0 Å². The molecule has 5 heteroatoms. The van der Waals surface area contributed by atoms with Crippen LogP contribution in [0.5, 0.6) is 0 Å². The van der Waals surface area contributed by atoms with Crippen LogP contribution in [0.1, 0.15) is 15.9 Å². The molecule has 0 amide bonds. The summed E-state index contributed by atoms with van der Waals surface area (Å²) in [5.41, 5.74) is 5.81. The Morgan fingerprint density at radius 3 is 2.86 bits per heavy atom. The molecule has 0 bridgehead atoms. The molecule has 22 heavy (non-hydrogen) atoms. The van der Waals surface area contributed by atoms with Crippen molar-refractivity contribution in [2.24, 2.45) is 11.0 Å². The summed E-state index contributed by atoms with van der Waals surface area (Å²) in [7, 11) is 0. The second kappa shape index (κ2) is 5.35. The number of thiazole rings is 1. The van der Waals surface area contributed by atoms with Gasteiger partial charge in [0.05, 0.1) is 16.1 Å². The fraction of sp³-hybridized carbons (Fsp3) is 0.118. The number of ketones is 1. The lowest BCUT2D eigenvalue weighted by atomic mass is 10.1. The molecule has 0 aliphatic heterocycles. The van der Waals surface area contributed by atoms with Gasteiger partial charge < -0.3 is 0 Å². The van der Waals surface area contributed by atoms with Crippen LogP contribution in [0.3, 0.4) is 0 Å². The van der Waals surface area contributed by atoms with Crippen LogP contribution in [0.25, 0.3) is 10.2 Å². The van der Waals surface area contributed by atoms with Crippen molar-refractivity contribution in [2.75, 3.05) is 5.43 Å². The summed E-state index contributed by atoms with van der Waals surface area (Å²) in [6, 6.07) is 15.7. The van der Waals surface area contributed by atoms with Gasteiger partial charge in [-0.15, -0.1) is 0 Å². The summed E-state index contributed by atoms with van der Waals surface area (Å²) >= 11 is 1.55. The third-order valence-corrected chi connectivity index (χ3v) is 4.71. The summed E-state index contributed by atoms with van der Waals surface area (Å²) in [5, 5.41) is 4.94. The fourth-order valence-corrected chi connectivity index (χ4v) is 3.51. The molecule has 4 rings (SSSR count). The number of hydrazone groups is 1. The highest BCUT2D eigenvalue weighted by Gasteiger charge is 2.28. The molecular formula is C17H13N3OS. The first-order valence-corrected chi connectivity index (χ1v) is 7.90. The standard InChI is InChI=1S/C17H13N3OS/c21-16-12(9-11-5-1-2-6-13(11)16)10-18-20-17-19-14-7-3-4-8-15(14)22-17/h1-8,10,12H,9H2,(H,19,20)/b18-10+. The molecule has 0 saturated carbocycles. The molecule has 1 aliphatic carbocycles. The van der Waals surface area contributed by atoms with E-state index in [1.165, 1.54) is 0 Å². The van der Waals surface area contributed by atoms with Gasteiger partial charge in [0.1, 0.15) is 0 Å². The molecule has 1 N–H and O–H groups in total. The number of para-hydroxylation sites is 1. The van der Waals surface area contributed by atoms with Crippen LogP contribution in [0.15, 0.2) is 53.6 Å². The van der Waals surface area contributed by atoms with E-state index >= 15 is 0 Å². The predicted molar refractivity (Wildman–Crippen MR) is 89.7 cm³/mol. The smallest absolute Gasteiger partial charge is 0.204 e. The minimum atomic E-state index is -0.181. The Bertz CT molecular complexity index is 851. The van der Waals surface area contributed by atoms with Crippen LogP contribution in [0.4, 0.5) is 5.13 Å². The molecular weight excluding hydrogens is 294 g/mol. The van der Waals surface area contributed by atoms with Crippen molar-refractivity contribution in [1.29, 1.82) is 0 Å². The first-order chi connectivity index (χ1) is 10.8. The van der Waals surface area contributed by atoms with Crippen molar-refractivity contribution in [2.45, 2.75) is 6.42 Å². The van der Waals surface area contributed by atoms with Crippen molar-refractivity contribution in [3.63, 3.8) is 0 Å². The zero-order valence-corrected chi connectivity index (χ0v) is 12.5. The van der Waals surface area contributed by atoms with E-state index in [2.05, 4.69) is 15.5 Å². The normalized spacial score (nSPS) is 17.3. The van der Waals surface area contributed by atoms with E-state index in [0.717, 1.165) is 32.9 Å². The number of hydrogen-bond donors (Lipinski definition) is 1. The van der Waals surface area contributed by atoms with Crippen molar-refractivity contribution < 1.29 is 4.79 Å². The van der Waals surface area contributed by atoms with Gasteiger partial charge >= 0.3 is 0 Å². The minimum absolute atomic E-state index is 0.144. The van der Waals surface area contributed by atoms with Crippen LogP contribution in [-0.4, -0.2) is 17.0 Å². The van der Waals surface area contributed by atoms with Gasteiger partial charge in [-0.3, -0.25) is 10.2 Å². The zero-order chi connectivity index (χ0) is 14.9. The zero-order valence-electron chi connectivity index (χ0n) is 11.7. The van der Waals surface area contributed by atoms with Gasteiger partial charge in [-0.05, 0) is 24.1 Å². The van der Waals surface area contributed by atoms with Crippen LogP contribution < -0.4 is 5.43 Å². The van der Waals surface area contributed by atoms with Crippen LogP contribution in [-0.2, 0) is 6.42 Å². The highest BCUT2D eigenvalue weighted by molar-refractivity contribution is 7.22. The molecule has 3 aromatic rings. The fourth-order valence-electron chi connectivity index (χ4n) is 2.69. The summed E-state index contributed by atoms with van der Waals surface area (Å²) < 4.78 is 1.12. The number of rotatable bonds is 3. The highest BCUT2D eigenvalue weighted by Crippen LogP contribution is 2.27. The molecule has 1 heterocycles. The number of anilines is 1. The van der Waals surface area contributed by atoms with Crippen molar-refractivity contribution in [3.8, 4) is 0 Å². The number of nitrogens with zero attached hydrogens (tertiary/aromatic N) is 2. The number of nitrogens with one attached hydrogen (secondary N) is 1. The minimum Gasteiger partial charge on any atom is -0.293 e. The maximum Gasteiger partial charge on any atom is 0.204 e. The topological polar surface area (TPSA) is 54.4 Å². The quantitative estimate of drug-likeness (QED) is 0.592. The number of Topliss-reactive ketones (excluding diaryl/α,β-unsaturated/α-hetero) is 1. The van der Waals surface area contributed by atoms with E-state index in [9.17, 15) is 4.79 Å². The Labute approximate surface area is 131 Å². The first kappa shape index (κ1) is 13.2. The Morgan fingerprint density at radius 1 is 1.18 bits per heavy atom. The lowest BCUT2D eigenvalue weighted by molar-refractivity contribution is 0.0970. The van der Waals surface area contributed by atoms with E-state index in [1.54, 1.807) is 17.6 Å². The van der Waals surface area contributed by atoms with E-state index in [-0.39, 0.29) is 11.7 Å². The number of carbonyl (C=O) groups excluding carboxylic acids is 1. The maximum absolute atomic E-state index is 12.2. The van der Waals surface area contributed by atoms with Crippen LogP contribution >= 0.6 is 11.3 Å². The first-order valence-electron chi connectivity index (χ1n) is 7.08. The molecule has 4 nitrogen and oxygen atoms in total. The number of carbonyl (C=O) groups is 1. The predicted octanol–water partition coefficient (Wildman–Crippen LogP) is 3.75. The van der Waals surface area contributed by atoms with E-state index in [1.807, 2.05) is 48.5 Å². The van der Waals surface area contributed by atoms with E-state index < -0.39 is 0 Å². The Morgan fingerprint density at radius 2 is 2.00 bits per heavy atom. The molecule has 108 valence electrons. The Hall–Kier alpha value is -2.53. The third-order valence-electron chi connectivity index (χ3n) is 3.77. The summed E-state index contributed by atoms with van der Waals surface area (Å²) in [6.45, 7) is 0. The average Bonchev–Trinajstić information content (AvgIpc) is 3.09. The average molecular weight is 307 g/mol. The van der Waals surface area contributed by atoms with Gasteiger partial charge in [0, 0.05) is 11.8 Å².